The fourth-order valence-electron chi connectivity index (χ4n) is 1.43. The Kier molecular flexibility index (Phi) is 3.28. The van der Waals surface area contributed by atoms with Gasteiger partial charge in [0.05, 0.1) is 5.69 Å². The number of sulfonamides is 1. The summed E-state index contributed by atoms with van der Waals surface area (Å²) in [6.45, 7) is 1.69. The van der Waals surface area contributed by atoms with Crippen molar-refractivity contribution in [3.8, 4) is 10.6 Å². The van der Waals surface area contributed by atoms with E-state index in [-0.39, 0.29) is 4.21 Å². The Morgan fingerprint density at radius 1 is 1.29 bits per heavy atom. The van der Waals surface area contributed by atoms with Gasteiger partial charge in [-0.15, -0.1) is 7.05 Å². The van der Waals surface area contributed by atoms with Crippen LogP contribution in [-0.2, 0) is 10.0 Å². The van der Waals surface area contributed by atoms with Gasteiger partial charge in [0.2, 0.25) is 0 Å². The first-order valence-corrected chi connectivity index (χ1v) is 7.31. The Morgan fingerprint density at radius 2 is 1.94 bits per heavy atom. The average Bonchev–Trinajstić information content (AvgIpc) is 2.73. The van der Waals surface area contributed by atoms with E-state index in [2.05, 4.69) is 12.0 Å². The summed E-state index contributed by atoms with van der Waals surface area (Å²) >= 11 is 1.17. The molecule has 0 saturated heterocycles. The molecule has 4 nitrogen and oxygen atoms in total. The highest BCUT2D eigenvalue weighted by atomic mass is 32.2. The second-order valence-corrected chi connectivity index (χ2v) is 6.56. The molecule has 0 atom stereocenters. The second-order valence-electron chi connectivity index (χ2n) is 3.47. The Hall–Kier alpha value is -1.24. The Bertz CT molecular complexity index is 618. The highest BCUT2D eigenvalue weighted by Crippen LogP contribution is 2.29. The number of primary sulfonamides is 1. The van der Waals surface area contributed by atoms with E-state index in [1.54, 1.807) is 6.92 Å². The van der Waals surface area contributed by atoms with E-state index in [0.29, 0.717) is 10.7 Å². The predicted octanol–water partition coefficient (Wildman–Crippen LogP) is 1.16. The monoisotopic (exact) mass is 268 g/mol. The minimum atomic E-state index is -3.40. The number of nitrogens with zero attached hydrogens (tertiary/aromatic N) is 1. The molecule has 0 spiro atoms. The molecule has 6 heteroatoms. The minimum Gasteiger partial charge on any atom is -0.367 e. The molecule has 2 rings (SSSR count). The molecule has 0 aliphatic rings. The molecule has 0 amide bonds. The third-order valence-electron chi connectivity index (χ3n) is 2.25. The molecule has 2 N–H and O–H groups in total. The zero-order valence-electron chi connectivity index (χ0n) is 9.25. The Morgan fingerprint density at radius 3 is 2.53 bits per heavy atom. The summed E-state index contributed by atoms with van der Waals surface area (Å²) in [4.78, 5) is 4.29. The van der Waals surface area contributed by atoms with Gasteiger partial charge in [-0.2, -0.15) is 8.42 Å². The van der Waals surface area contributed by atoms with Gasteiger partial charge in [0.25, 0.3) is 0 Å². The number of hydrogen-bond donors (Lipinski definition) is 1. The number of aromatic nitrogens is 1. The van der Waals surface area contributed by atoms with E-state index in [9.17, 15) is 8.42 Å². The van der Waals surface area contributed by atoms with E-state index >= 15 is 0 Å². The van der Waals surface area contributed by atoms with Crippen molar-refractivity contribution in [3.05, 3.63) is 43.1 Å². The summed E-state index contributed by atoms with van der Waals surface area (Å²) in [5, 5.41) is 0.712. The molecule has 0 aliphatic heterocycles. The molecule has 0 unspecified atom stereocenters. The third kappa shape index (κ3) is 2.38. The first-order valence-electron chi connectivity index (χ1n) is 4.95. The molecule has 1 aromatic heterocycles. The lowest BCUT2D eigenvalue weighted by Crippen LogP contribution is -2.80. The zero-order chi connectivity index (χ0) is 12.5. The van der Waals surface area contributed by atoms with Crippen LogP contribution in [0.3, 0.4) is 0 Å². The maximum Gasteiger partial charge on any atom is 0.311 e. The maximum absolute atomic E-state index is 11.7. The van der Waals surface area contributed by atoms with Crippen molar-refractivity contribution in [2.24, 2.45) is 0 Å². The van der Waals surface area contributed by atoms with Crippen LogP contribution in [0.1, 0.15) is 5.69 Å². The number of thiazole rings is 1. The van der Waals surface area contributed by atoms with Crippen LogP contribution in [0.2, 0.25) is 0 Å². The Balaban J connectivity index is 2.52. The fourth-order valence-corrected chi connectivity index (χ4v) is 3.75. The maximum atomic E-state index is 11.7. The van der Waals surface area contributed by atoms with Crippen LogP contribution in [0.15, 0.2) is 34.5 Å². The highest BCUT2D eigenvalue weighted by Gasteiger charge is 2.21. The minimum absolute atomic E-state index is 0.270. The standard InChI is InChI=1S/C11H12N2O2S2/c1-8-11(17(14,15)12-2)16-10(13-8)9-6-4-3-5-7-9/h3-7H,2,12H2,1H3. The van der Waals surface area contributed by atoms with Crippen LogP contribution in [0.4, 0.5) is 0 Å². The van der Waals surface area contributed by atoms with Gasteiger partial charge < -0.3 is 4.72 Å². The second kappa shape index (κ2) is 4.56. The van der Waals surface area contributed by atoms with Crippen molar-refractivity contribution in [3.63, 3.8) is 0 Å². The topological polar surface area (TPSA) is 63.6 Å². The van der Waals surface area contributed by atoms with Crippen molar-refractivity contribution >= 4 is 21.4 Å². The van der Waals surface area contributed by atoms with Crippen LogP contribution in [0, 0.1) is 14.0 Å². The van der Waals surface area contributed by atoms with Crippen molar-refractivity contribution in [2.75, 3.05) is 0 Å². The molecule has 0 bridgehead atoms. The lowest BCUT2D eigenvalue weighted by atomic mass is 10.2. The number of hydrogen-bond acceptors (Lipinski definition) is 4. The SMILES string of the molecule is [CH2-][NH2+]S(=O)(=O)c1sc(-c2ccccc2)nc1C. The summed E-state index contributed by atoms with van der Waals surface area (Å²) in [6, 6.07) is 9.51. The molecule has 1 heterocycles. The summed E-state index contributed by atoms with van der Waals surface area (Å²) in [5.74, 6) is 0. The molecule has 0 radical (unpaired) electrons. The van der Waals surface area contributed by atoms with Crippen LogP contribution in [0.5, 0.6) is 0 Å². The van der Waals surface area contributed by atoms with Gasteiger partial charge in [-0.3, -0.25) is 0 Å². The molecule has 2 aromatic rings. The van der Waals surface area contributed by atoms with E-state index in [1.807, 2.05) is 30.3 Å². The fraction of sp³-hybridized carbons (Fsp3) is 0.0909. The molecule has 0 aliphatic carbocycles. The van der Waals surface area contributed by atoms with Crippen molar-refractivity contribution in [2.45, 2.75) is 11.1 Å². The number of benzene rings is 1. The first kappa shape index (κ1) is 12.2. The zero-order valence-corrected chi connectivity index (χ0v) is 10.9. The molecule has 0 fully saturated rings. The van der Waals surface area contributed by atoms with Crippen LogP contribution in [-0.4, -0.2) is 13.4 Å². The normalized spacial score (nSPS) is 11.6. The smallest absolute Gasteiger partial charge is 0.311 e. The summed E-state index contributed by atoms with van der Waals surface area (Å²) in [5.41, 5.74) is 1.44. The highest BCUT2D eigenvalue weighted by molar-refractivity contribution is 7.87. The van der Waals surface area contributed by atoms with Gasteiger partial charge in [0.1, 0.15) is 5.01 Å². The average molecular weight is 268 g/mol. The lowest BCUT2D eigenvalue weighted by Gasteiger charge is -1.98. The lowest BCUT2D eigenvalue weighted by molar-refractivity contribution is -0.424. The van der Waals surface area contributed by atoms with Crippen molar-refractivity contribution in [1.29, 1.82) is 0 Å². The number of nitrogens with two attached hydrogens (primary N) is 1. The van der Waals surface area contributed by atoms with Gasteiger partial charge in [0, 0.05) is 5.56 Å². The van der Waals surface area contributed by atoms with Crippen LogP contribution in [0.25, 0.3) is 10.6 Å². The summed E-state index contributed by atoms with van der Waals surface area (Å²) < 4.78 is 24.7. The summed E-state index contributed by atoms with van der Waals surface area (Å²) in [7, 11) is -0.0733. The Labute approximate surface area is 104 Å². The molecular formula is C11H12N2O2S2. The van der Waals surface area contributed by atoms with Gasteiger partial charge >= 0.3 is 10.0 Å². The van der Waals surface area contributed by atoms with E-state index in [0.717, 1.165) is 10.3 Å². The summed E-state index contributed by atoms with van der Waals surface area (Å²) in [6.07, 6.45) is 0. The van der Waals surface area contributed by atoms with Crippen LogP contribution >= 0.6 is 11.3 Å². The van der Waals surface area contributed by atoms with Crippen molar-refractivity contribution in [1.82, 2.24) is 4.98 Å². The molecule has 1 aromatic carbocycles. The molecular weight excluding hydrogens is 256 g/mol. The van der Waals surface area contributed by atoms with Gasteiger partial charge in [-0.05, 0) is 6.92 Å². The first-order chi connectivity index (χ1) is 8.04. The van der Waals surface area contributed by atoms with E-state index in [1.165, 1.54) is 11.3 Å². The largest absolute Gasteiger partial charge is 0.367 e. The van der Waals surface area contributed by atoms with Gasteiger partial charge in [-0.1, -0.05) is 41.7 Å². The predicted molar refractivity (Wildman–Crippen MR) is 66.8 cm³/mol. The molecule has 90 valence electrons. The number of quaternary nitrogens is 1. The number of rotatable bonds is 3. The van der Waals surface area contributed by atoms with E-state index < -0.39 is 10.0 Å². The van der Waals surface area contributed by atoms with E-state index in [4.69, 9.17) is 0 Å². The van der Waals surface area contributed by atoms with Gasteiger partial charge in [-0.25, -0.2) is 4.98 Å². The third-order valence-corrected chi connectivity index (χ3v) is 5.45. The molecule has 0 saturated carbocycles. The quantitative estimate of drug-likeness (QED) is 0.850. The van der Waals surface area contributed by atoms with Crippen molar-refractivity contribution < 1.29 is 13.1 Å². The molecule has 17 heavy (non-hydrogen) atoms. The number of aryl methyl sites for hydroxylation is 1. The van der Waals surface area contributed by atoms with Crippen LogP contribution < -0.4 is 4.72 Å². The van der Waals surface area contributed by atoms with Gasteiger partial charge in [0.15, 0.2) is 4.21 Å².